The SMILES string of the molecule is CCNC(=NCCOCc1ccccc1OC)NC1CCN(CCCOC)CC1.I. The molecule has 7 nitrogen and oxygen atoms in total. The van der Waals surface area contributed by atoms with Gasteiger partial charge in [0.2, 0.25) is 0 Å². The summed E-state index contributed by atoms with van der Waals surface area (Å²) in [6, 6.07) is 8.41. The van der Waals surface area contributed by atoms with Gasteiger partial charge in [-0.25, -0.2) is 0 Å². The van der Waals surface area contributed by atoms with Gasteiger partial charge < -0.3 is 29.7 Å². The van der Waals surface area contributed by atoms with Gasteiger partial charge in [-0.05, 0) is 32.3 Å². The van der Waals surface area contributed by atoms with Gasteiger partial charge in [-0.15, -0.1) is 24.0 Å². The van der Waals surface area contributed by atoms with Crippen LogP contribution in [0.5, 0.6) is 5.75 Å². The molecule has 0 bridgehead atoms. The maximum atomic E-state index is 5.78. The van der Waals surface area contributed by atoms with Gasteiger partial charge in [-0.3, -0.25) is 4.99 Å². The monoisotopic (exact) mass is 534 g/mol. The van der Waals surface area contributed by atoms with Crippen LogP contribution in [0, 0.1) is 0 Å². The van der Waals surface area contributed by atoms with Crippen molar-refractivity contribution >= 4 is 29.9 Å². The number of guanidine groups is 1. The summed E-state index contributed by atoms with van der Waals surface area (Å²) in [7, 11) is 3.45. The zero-order chi connectivity index (χ0) is 20.7. The van der Waals surface area contributed by atoms with Gasteiger partial charge >= 0.3 is 0 Å². The first-order chi connectivity index (χ1) is 14.3. The number of aliphatic imine (C=N–C) groups is 1. The van der Waals surface area contributed by atoms with E-state index in [2.05, 4.69) is 27.4 Å². The normalized spacial score (nSPS) is 15.5. The summed E-state index contributed by atoms with van der Waals surface area (Å²) in [5, 5.41) is 6.93. The number of rotatable bonds is 12. The summed E-state index contributed by atoms with van der Waals surface area (Å²) in [5.74, 6) is 1.74. The van der Waals surface area contributed by atoms with Crippen LogP contribution in [0.4, 0.5) is 0 Å². The molecule has 0 aliphatic carbocycles. The van der Waals surface area contributed by atoms with Crippen LogP contribution in [0.2, 0.25) is 0 Å². The molecular formula is C22H39IN4O3. The molecule has 1 fully saturated rings. The third kappa shape index (κ3) is 10.3. The second-order valence-electron chi connectivity index (χ2n) is 7.23. The molecule has 172 valence electrons. The van der Waals surface area contributed by atoms with Gasteiger partial charge in [0, 0.05) is 51.5 Å². The van der Waals surface area contributed by atoms with Crippen LogP contribution in [0.3, 0.4) is 0 Å². The predicted molar refractivity (Wildman–Crippen MR) is 133 cm³/mol. The van der Waals surface area contributed by atoms with E-state index in [1.807, 2.05) is 24.3 Å². The second kappa shape index (κ2) is 16.6. The summed E-state index contributed by atoms with van der Waals surface area (Å²) in [6.07, 6.45) is 3.39. The Morgan fingerprint density at radius 3 is 2.63 bits per heavy atom. The summed E-state index contributed by atoms with van der Waals surface area (Å²) in [6.45, 7) is 8.90. The minimum Gasteiger partial charge on any atom is -0.496 e. The van der Waals surface area contributed by atoms with Gasteiger partial charge in [-0.1, -0.05) is 18.2 Å². The Morgan fingerprint density at radius 2 is 1.93 bits per heavy atom. The molecule has 1 aromatic carbocycles. The van der Waals surface area contributed by atoms with Gasteiger partial charge in [0.15, 0.2) is 5.96 Å². The molecule has 1 aliphatic rings. The molecule has 1 aliphatic heterocycles. The number of piperidine rings is 1. The lowest BCUT2D eigenvalue weighted by atomic mass is 10.1. The third-order valence-corrected chi connectivity index (χ3v) is 5.05. The van der Waals surface area contributed by atoms with Crippen molar-refractivity contribution in [3.05, 3.63) is 29.8 Å². The number of likely N-dealkylation sites (tertiary alicyclic amines) is 1. The molecule has 0 radical (unpaired) electrons. The Labute approximate surface area is 199 Å². The number of hydrogen-bond donors (Lipinski definition) is 2. The number of ether oxygens (including phenoxy) is 3. The molecule has 1 heterocycles. The summed E-state index contributed by atoms with van der Waals surface area (Å²) >= 11 is 0. The number of benzene rings is 1. The second-order valence-corrected chi connectivity index (χ2v) is 7.23. The van der Waals surface area contributed by atoms with Crippen molar-refractivity contribution in [1.29, 1.82) is 0 Å². The van der Waals surface area contributed by atoms with Crippen LogP contribution in [-0.2, 0) is 16.1 Å². The van der Waals surface area contributed by atoms with Gasteiger partial charge in [0.25, 0.3) is 0 Å². The maximum absolute atomic E-state index is 5.78. The molecule has 0 atom stereocenters. The fourth-order valence-electron chi connectivity index (χ4n) is 3.47. The number of nitrogens with zero attached hydrogens (tertiary/aromatic N) is 2. The molecule has 30 heavy (non-hydrogen) atoms. The lowest BCUT2D eigenvalue weighted by Gasteiger charge is -2.33. The van der Waals surface area contributed by atoms with E-state index < -0.39 is 0 Å². The highest BCUT2D eigenvalue weighted by atomic mass is 127. The van der Waals surface area contributed by atoms with E-state index in [0.717, 1.165) is 69.3 Å². The van der Waals surface area contributed by atoms with Crippen molar-refractivity contribution in [2.24, 2.45) is 4.99 Å². The lowest BCUT2D eigenvalue weighted by Crippen LogP contribution is -2.49. The molecule has 0 saturated carbocycles. The topological polar surface area (TPSA) is 67.4 Å². The maximum Gasteiger partial charge on any atom is 0.191 e. The van der Waals surface area contributed by atoms with E-state index in [-0.39, 0.29) is 24.0 Å². The van der Waals surface area contributed by atoms with E-state index in [9.17, 15) is 0 Å². The largest absolute Gasteiger partial charge is 0.496 e. The van der Waals surface area contributed by atoms with Crippen molar-refractivity contribution in [2.45, 2.75) is 38.8 Å². The van der Waals surface area contributed by atoms with Crippen molar-refractivity contribution in [3.63, 3.8) is 0 Å². The van der Waals surface area contributed by atoms with Crippen LogP contribution >= 0.6 is 24.0 Å². The Hall–Kier alpha value is -1.10. The minimum absolute atomic E-state index is 0. The van der Waals surface area contributed by atoms with Crippen LogP contribution in [0.25, 0.3) is 0 Å². The van der Waals surface area contributed by atoms with Gasteiger partial charge in [0.05, 0.1) is 26.9 Å². The first-order valence-corrected chi connectivity index (χ1v) is 10.7. The smallest absolute Gasteiger partial charge is 0.191 e. The zero-order valence-corrected chi connectivity index (χ0v) is 21.0. The summed E-state index contributed by atoms with van der Waals surface area (Å²) in [5.41, 5.74) is 1.06. The van der Waals surface area contributed by atoms with E-state index in [0.29, 0.717) is 25.8 Å². The third-order valence-electron chi connectivity index (χ3n) is 5.05. The van der Waals surface area contributed by atoms with Gasteiger partial charge in [-0.2, -0.15) is 0 Å². The van der Waals surface area contributed by atoms with E-state index in [1.165, 1.54) is 0 Å². The van der Waals surface area contributed by atoms with Crippen molar-refractivity contribution in [2.75, 3.05) is 60.2 Å². The van der Waals surface area contributed by atoms with E-state index >= 15 is 0 Å². The predicted octanol–water partition coefficient (Wildman–Crippen LogP) is 2.89. The molecule has 1 aromatic rings. The quantitative estimate of drug-likeness (QED) is 0.186. The number of para-hydroxylation sites is 1. The highest BCUT2D eigenvalue weighted by Gasteiger charge is 2.19. The number of nitrogens with one attached hydrogen (secondary N) is 2. The molecule has 2 rings (SSSR count). The average Bonchev–Trinajstić information content (AvgIpc) is 2.75. The van der Waals surface area contributed by atoms with Crippen LogP contribution < -0.4 is 15.4 Å². The van der Waals surface area contributed by atoms with Crippen LogP contribution in [0.15, 0.2) is 29.3 Å². The Balaban J connectivity index is 0.00000450. The highest BCUT2D eigenvalue weighted by molar-refractivity contribution is 14.0. The molecule has 0 amide bonds. The molecule has 0 unspecified atom stereocenters. The summed E-state index contributed by atoms with van der Waals surface area (Å²) < 4.78 is 16.3. The Bertz CT molecular complexity index is 596. The fourth-order valence-corrected chi connectivity index (χ4v) is 3.47. The number of halogens is 1. The van der Waals surface area contributed by atoms with Crippen molar-refractivity contribution < 1.29 is 14.2 Å². The first kappa shape index (κ1) is 26.9. The number of methoxy groups -OCH3 is 2. The fraction of sp³-hybridized carbons (Fsp3) is 0.682. The minimum atomic E-state index is 0. The molecule has 1 saturated heterocycles. The van der Waals surface area contributed by atoms with Crippen molar-refractivity contribution in [1.82, 2.24) is 15.5 Å². The van der Waals surface area contributed by atoms with Crippen molar-refractivity contribution in [3.8, 4) is 5.75 Å². The van der Waals surface area contributed by atoms with Gasteiger partial charge in [0.1, 0.15) is 5.75 Å². The molecule has 0 aromatic heterocycles. The molecular weight excluding hydrogens is 495 g/mol. The highest BCUT2D eigenvalue weighted by Crippen LogP contribution is 2.17. The zero-order valence-electron chi connectivity index (χ0n) is 18.7. The standard InChI is InChI=1S/C22H38N4O3.HI/c1-4-23-22(25-20-10-14-26(15-11-20)13-7-16-27-2)24-12-17-29-18-19-8-5-6-9-21(19)28-3;/h5-6,8-9,20H,4,7,10-18H2,1-3H3,(H2,23,24,25);1H. The first-order valence-electron chi connectivity index (χ1n) is 10.7. The van der Waals surface area contributed by atoms with E-state index in [1.54, 1.807) is 14.2 Å². The Kier molecular flexibility index (Phi) is 14.9. The molecule has 2 N–H and O–H groups in total. The molecule has 8 heteroatoms. The Morgan fingerprint density at radius 1 is 1.17 bits per heavy atom. The average molecular weight is 534 g/mol. The van der Waals surface area contributed by atoms with Crippen LogP contribution in [-0.4, -0.2) is 77.1 Å². The van der Waals surface area contributed by atoms with Crippen LogP contribution in [0.1, 0.15) is 31.7 Å². The molecule has 0 spiro atoms. The van der Waals surface area contributed by atoms with E-state index in [4.69, 9.17) is 14.2 Å². The lowest BCUT2D eigenvalue weighted by molar-refractivity contribution is 0.126. The summed E-state index contributed by atoms with van der Waals surface area (Å²) in [4.78, 5) is 7.19. The number of hydrogen-bond acceptors (Lipinski definition) is 5.